The van der Waals surface area contributed by atoms with E-state index in [9.17, 15) is 9.18 Å². The minimum Gasteiger partial charge on any atom is -0.481 e. The molecule has 0 radical (unpaired) electrons. The summed E-state index contributed by atoms with van der Waals surface area (Å²) in [6, 6.07) is 13.6. The lowest BCUT2D eigenvalue weighted by molar-refractivity contribution is -0.135. The van der Waals surface area contributed by atoms with Crippen LogP contribution in [-0.4, -0.2) is 16.8 Å². The Morgan fingerprint density at radius 2 is 1.85 bits per heavy atom. The van der Waals surface area contributed by atoms with E-state index in [1.165, 1.54) is 6.07 Å². The smallest absolute Gasteiger partial charge is 0.309 e. The average Bonchev–Trinajstić information content (AvgIpc) is 2.43. The van der Waals surface area contributed by atoms with E-state index in [2.05, 4.69) is 20.9 Å². The van der Waals surface area contributed by atoms with Gasteiger partial charge in [-0.2, -0.15) is 0 Å². The number of benzene rings is 2. The second-order valence-corrected chi connectivity index (χ2v) is 4.92. The molecule has 3 nitrogen and oxygen atoms in total. The Morgan fingerprint density at radius 3 is 2.50 bits per heavy atom. The van der Waals surface area contributed by atoms with Crippen molar-refractivity contribution in [2.75, 3.05) is 0 Å². The van der Waals surface area contributed by atoms with Crippen LogP contribution in [0.2, 0.25) is 0 Å². The topological polar surface area (TPSA) is 49.7 Å². The van der Waals surface area contributed by atoms with Crippen molar-refractivity contribution in [3.8, 4) is 0 Å². The molecule has 2 rings (SSSR count). The fourth-order valence-electron chi connectivity index (χ4n) is 1.70. The Morgan fingerprint density at radius 1 is 1.15 bits per heavy atom. The van der Waals surface area contributed by atoms with Crippen molar-refractivity contribution in [2.45, 2.75) is 6.42 Å². The zero-order valence-electron chi connectivity index (χ0n) is 10.4. The van der Waals surface area contributed by atoms with Crippen LogP contribution in [0.5, 0.6) is 0 Å². The van der Waals surface area contributed by atoms with Crippen LogP contribution in [0, 0.1) is 5.82 Å². The number of hydrogen-bond acceptors (Lipinski definition) is 2. The normalized spacial score (nSPS) is 11.4. The van der Waals surface area contributed by atoms with Gasteiger partial charge in [-0.3, -0.25) is 4.79 Å². The van der Waals surface area contributed by atoms with Gasteiger partial charge in [-0.1, -0.05) is 36.4 Å². The third-order valence-electron chi connectivity index (χ3n) is 2.61. The zero-order chi connectivity index (χ0) is 14.5. The molecule has 0 saturated carbocycles. The van der Waals surface area contributed by atoms with Crippen molar-refractivity contribution in [3.63, 3.8) is 0 Å². The van der Waals surface area contributed by atoms with Gasteiger partial charge in [0.2, 0.25) is 0 Å². The van der Waals surface area contributed by atoms with Gasteiger partial charge in [0.15, 0.2) is 5.82 Å². The number of hydrogen-bond donors (Lipinski definition) is 1. The van der Waals surface area contributed by atoms with Crippen LogP contribution in [-0.2, 0) is 4.79 Å². The van der Waals surface area contributed by atoms with E-state index in [1.54, 1.807) is 36.4 Å². The molecule has 0 amide bonds. The fraction of sp³-hybridized carbons (Fsp3) is 0.0667. The first-order valence-electron chi connectivity index (χ1n) is 5.86. The van der Waals surface area contributed by atoms with Crippen molar-refractivity contribution in [1.82, 2.24) is 0 Å². The van der Waals surface area contributed by atoms with Crippen molar-refractivity contribution >= 4 is 33.3 Å². The van der Waals surface area contributed by atoms with Crippen LogP contribution in [0.25, 0.3) is 0 Å². The summed E-state index contributed by atoms with van der Waals surface area (Å²) in [4.78, 5) is 15.1. The maximum Gasteiger partial charge on any atom is 0.309 e. The Bertz CT molecular complexity index is 656. The van der Waals surface area contributed by atoms with E-state index >= 15 is 0 Å². The summed E-state index contributed by atoms with van der Waals surface area (Å²) in [6.07, 6.45) is -0.268. The maximum absolute atomic E-state index is 13.9. The first kappa shape index (κ1) is 14.4. The molecule has 0 aliphatic rings. The first-order chi connectivity index (χ1) is 9.58. The van der Waals surface area contributed by atoms with Gasteiger partial charge in [-0.05, 0) is 33.6 Å². The average molecular weight is 336 g/mol. The van der Waals surface area contributed by atoms with Gasteiger partial charge in [-0.25, -0.2) is 9.38 Å². The highest BCUT2D eigenvalue weighted by molar-refractivity contribution is 9.10. The lowest BCUT2D eigenvalue weighted by Gasteiger charge is -2.06. The van der Waals surface area contributed by atoms with Crippen LogP contribution in [0.1, 0.15) is 12.0 Å². The Kier molecular flexibility index (Phi) is 4.63. The molecule has 0 unspecified atom stereocenters. The third kappa shape index (κ3) is 3.51. The van der Waals surface area contributed by atoms with Crippen LogP contribution < -0.4 is 0 Å². The number of carboxylic acids is 1. The highest BCUT2D eigenvalue weighted by atomic mass is 79.9. The minimum atomic E-state index is -1.01. The first-order valence-corrected chi connectivity index (χ1v) is 6.66. The summed E-state index contributed by atoms with van der Waals surface area (Å²) < 4.78 is 14.2. The Balaban J connectivity index is 2.48. The number of aliphatic imine (C=N–C) groups is 1. The number of carboxylic acid groups (broad SMARTS) is 1. The Hall–Kier alpha value is -2.01. The molecule has 5 heteroatoms. The van der Waals surface area contributed by atoms with Crippen molar-refractivity contribution in [1.29, 1.82) is 0 Å². The van der Waals surface area contributed by atoms with Gasteiger partial charge in [-0.15, -0.1) is 0 Å². The van der Waals surface area contributed by atoms with E-state index < -0.39 is 11.8 Å². The van der Waals surface area contributed by atoms with E-state index in [0.29, 0.717) is 15.7 Å². The summed E-state index contributed by atoms with van der Waals surface area (Å²) >= 11 is 3.08. The van der Waals surface area contributed by atoms with Crippen LogP contribution in [0.3, 0.4) is 0 Å². The van der Waals surface area contributed by atoms with Gasteiger partial charge >= 0.3 is 5.97 Å². The molecule has 0 atom stereocenters. The predicted octanol–water partition coefficient (Wildman–Crippen LogP) is 4.18. The summed E-state index contributed by atoms with van der Waals surface area (Å²) in [5.41, 5.74) is 1.09. The number of aliphatic carboxylic acids is 1. The van der Waals surface area contributed by atoms with Gasteiger partial charge in [0, 0.05) is 0 Å². The predicted molar refractivity (Wildman–Crippen MR) is 79.0 cm³/mol. The van der Waals surface area contributed by atoms with E-state index in [0.717, 1.165) is 0 Å². The van der Waals surface area contributed by atoms with E-state index in [4.69, 9.17) is 5.11 Å². The standard InChI is InChI=1S/C15H11BrFNO2/c16-11-7-4-8-12(15(11)17)18-13(9-14(19)20)10-5-2-1-3-6-10/h1-8H,9H2,(H,19,20). The summed E-state index contributed by atoms with van der Waals surface area (Å²) in [5.74, 6) is -1.52. The lowest BCUT2D eigenvalue weighted by atomic mass is 10.1. The second kappa shape index (κ2) is 6.43. The largest absolute Gasteiger partial charge is 0.481 e. The highest BCUT2D eigenvalue weighted by Gasteiger charge is 2.11. The molecule has 0 aliphatic carbocycles. The van der Waals surface area contributed by atoms with Crippen LogP contribution in [0.15, 0.2) is 58.0 Å². The summed E-state index contributed by atoms with van der Waals surface area (Å²) in [7, 11) is 0. The SMILES string of the molecule is O=C(O)CC(=Nc1cccc(Br)c1F)c1ccccc1. The van der Waals surface area contributed by atoms with Gasteiger partial charge < -0.3 is 5.11 Å². The molecular weight excluding hydrogens is 325 g/mol. The van der Waals surface area contributed by atoms with E-state index in [-0.39, 0.29) is 12.1 Å². The fourth-order valence-corrected chi connectivity index (χ4v) is 2.06. The molecule has 0 heterocycles. The molecule has 0 bridgehead atoms. The quantitative estimate of drug-likeness (QED) is 0.852. The molecule has 0 aromatic heterocycles. The maximum atomic E-state index is 13.9. The molecule has 0 saturated heterocycles. The molecule has 102 valence electrons. The van der Waals surface area contributed by atoms with Crippen LogP contribution in [0.4, 0.5) is 10.1 Å². The molecule has 0 spiro atoms. The number of carbonyl (C=O) groups is 1. The monoisotopic (exact) mass is 335 g/mol. The lowest BCUT2D eigenvalue weighted by Crippen LogP contribution is -2.08. The number of rotatable bonds is 4. The molecule has 20 heavy (non-hydrogen) atoms. The van der Waals surface area contributed by atoms with Crippen molar-refractivity contribution in [2.24, 2.45) is 4.99 Å². The van der Waals surface area contributed by atoms with Gasteiger partial charge in [0.1, 0.15) is 5.69 Å². The Labute approximate surface area is 123 Å². The van der Waals surface area contributed by atoms with Gasteiger partial charge in [0.05, 0.1) is 16.6 Å². The molecule has 2 aromatic rings. The van der Waals surface area contributed by atoms with Crippen molar-refractivity contribution in [3.05, 3.63) is 64.4 Å². The molecule has 1 N–H and O–H groups in total. The molecular formula is C15H11BrFNO2. The molecule has 0 fully saturated rings. The third-order valence-corrected chi connectivity index (χ3v) is 3.22. The number of halogens is 2. The molecule has 0 aliphatic heterocycles. The number of nitrogens with zero attached hydrogens (tertiary/aromatic N) is 1. The van der Waals surface area contributed by atoms with Crippen LogP contribution >= 0.6 is 15.9 Å². The summed E-state index contributed by atoms with van der Waals surface area (Å²) in [6.45, 7) is 0. The minimum absolute atomic E-state index is 0.111. The van der Waals surface area contributed by atoms with E-state index in [1.807, 2.05) is 6.07 Å². The summed E-state index contributed by atoms with van der Waals surface area (Å²) in [5, 5.41) is 8.96. The zero-order valence-corrected chi connectivity index (χ0v) is 12.0. The van der Waals surface area contributed by atoms with Gasteiger partial charge in [0.25, 0.3) is 0 Å². The van der Waals surface area contributed by atoms with Crippen molar-refractivity contribution < 1.29 is 14.3 Å². The molecule has 2 aromatic carbocycles. The highest BCUT2D eigenvalue weighted by Crippen LogP contribution is 2.26. The second-order valence-electron chi connectivity index (χ2n) is 4.07.